The summed E-state index contributed by atoms with van der Waals surface area (Å²) in [6.07, 6.45) is 0.506. The van der Waals surface area contributed by atoms with Crippen LogP contribution in [0.3, 0.4) is 0 Å². The fourth-order valence-electron chi connectivity index (χ4n) is 3.26. The highest BCUT2D eigenvalue weighted by Gasteiger charge is 2.32. The van der Waals surface area contributed by atoms with E-state index in [-0.39, 0.29) is 43.4 Å². The third-order valence-corrected chi connectivity index (χ3v) is 6.22. The molecule has 3 amide bonds. The summed E-state index contributed by atoms with van der Waals surface area (Å²) in [7, 11) is 0. The molecule has 0 saturated carbocycles. The minimum atomic E-state index is -1.18. The highest BCUT2D eigenvalue weighted by molar-refractivity contribution is 7.09. The summed E-state index contributed by atoms with van der Waals surface area (Å²) in [6.45, 7) is 3.22. The number of amides is 3. The van der Waals surface area contributed by atoms with Crippen LogP contribution in [0.4, 0.5) is 20.6 Å². The fourth-order valence-corrected chi connectivity index (χ4v) is 4.02. The maximum atomic E-state index is 13.7. The number of nitrogens with one attached hydrogen (secondary N) is 2. The molecule has 0 atom stereocenters. The van der Waals surface area contributed by atoms with Crippen LogP contribution >= 0.6 is 11.3 Å². The van der Waals surface area contributed by atoms with Crippen molar-refractivity contribution in [2.45, 2.75) is 26.8 Å². The van der Waals surface area contributed by atoms with Crippen LogP contribution in [0.5, 0.6) is 0 Å². The first-order valence-corrected chi connectivity index (χ1v) is 11.9. The zero-order valence-electron chi connectivity index (χ0n) is 19.8. The van der Waals surface area contributed by atoms with Gasteiger partial charge < -0.3 is 26.4 Å². The van der Waals surface area contributed by atoms with Gasteiger partial charge in [-0.2, -0.15) is 0 Å². The highest BCUT2D eigenvalue weighted by atomic mass is 32.1. The Morgan fingerprint density at radius 1 is 1.19 bits per heavy atom. The number of benzene rings is 1. The van der Waals surface area contributed by atoms with Crippen LogP contribution in [0.25, 0.3) is 0 Å². The van der Waals surface area contributed by atoms with Crippen molar-refractivity contribution >= 4 is 40.6 Å². The molecule has 5 N–H and O–H groups in total. The molecule has 12 heteroatoms. The van der Waals surface area contributed by atoms with Gasteiger partial charge in [0, 0.05) is 31.1 Å². The van der Waals surface area contributed by atoms with Crippen molar-refractivity contribution in [2.75, 3.05) is 24.1 Å². The van der Waals surface area contributed by atoms with Crippen LogP contribution in [0.15, 0.2) is 48.0 Å². The van der Waals surface area contributed by atoms with Crippen molar-refractivity contribution in [3.05, 3.63) is 70.2 Å². The molecular weight excluding hydrogens is 487 g/mol. The molecule has 3 aromatic rings. The van der Waals surface area contributed by atoms with Gasteiger partial charge in [0.1, 0.15) is 11.5 Å². The van der Waals surface area contributed by atoms with Crippen LogP contribution in [0.1, 0.15) is 35.0 Å². The van der Waals surface area contributed by atoms with E-state index in [1.807, 2.05) is 0 Å². The summed E-state index contributed by atoms with van der Waals surface area (Å²) < 4.78 is 13.7. The van der Waals surface area contributed by atoms with Crippen LogP contribution in [0.2, 0.25) is 0 Å². The first-order valence-electron chi connectivity index (χ1n) is 11.0. The Hall–Kier alpha value is -4.06. The molecule has 0 aliphatic rings. The number of rotatable bonds is 10. The van der Waals surface area contributed by atoms with Crippen LogP contribution in [0, 0.1) is 11.2 Å². The lowest BCUT2D eigenvalue weighted by Gasteiger charge is -2.30. The molecule has 2 aromatic heterocycles. The number of anilines is 2. The van der Waals surface area contributed by atoms with Gasteiger partial charge in [-0.25, -0.2) is 14.2 Å². The van der Waals surface area contributed by atoms with Crippen molar-refractivity contribution in [1.82, 2.24) is 20.2 Å². The molecule has 0 unspecified atom stereocenters. The maximum absolute atomic E-state index is 13.7. The number of carboxylic acid groups (broad SMARTS) is 1. The third kappa shape index (κ3) is 6.98. The number of thiazole rings is 1. The molecule has 0 radical (unpaired) electrons. The number of pyridine rings is 1. The van der Waals surface area contributed by atoms with E-state index in [1.165, 1.54) is 29.7 Å². The maximum Gasteiger partial charge on any atom is 0.407 e. The molecule has 0 aliphatic heterocycles. The van der Waals surface area contributed by atoms with Crippen LogP contribution < -0.4 is 16.4 Å². The van der Waals surface area contributed by atoms with Crippen molar-refractivity contribution in [3.8, 4) is 0 Å². The number of carbonyl (C=O) groups excluding carboxylic acids is 2. The van der Waals surface area contributed by atoms with Crippen LogP contribution in [-0.2, 0) is 17.8 Å². The average Bonchev–Trinajstić information content (AvgIpc) is 3.31. The van der Waals surface area contributed by atoms with Crippen LogP contribution in [-0.4, -0.2) is 51.0 Å². The van der Waals surface area contributed by atoms with E-state index in [0.29, 0.717) is 16.4 Å². The summed E-state index contributed by atoms with van der Waals surface area (Å²) in [4.78, 5) is 46.3. The molecule has 0 aliphatic carbocycles. The van der Waals surface area contributed by atoms with E-state index in [0.717, 1.165) is 4.90 Å². The smallest absolute Gasteiger partial charge is 0.407 e. The van der Waals surface area contributed by atoms with Crippen molar-refractivity contribution in [1.29, 1.82) is 0 Å². The standard InChI is InChI=1S/C24H27FN6O4S/c1-24(2,22(33)30-17-8-4-3-7-16(17)26)14-31(23(34)35)11-9-20-29-19(13-36-20)21(32)28-12-18-15(25)6-5-10-27-18/h3-8,10,13H,9,11-12,14,26H2,1-2H3,(H,28,32)(H,30,33)(H,34,35). The molecule has 10 nitrogen and oxygen atoms in total. The van der Waals surface area contributed by atoms with Gasteiger partial charge in [0.05, 0.1) is 34.0 Å². The summed E-state index contributed by atoms with van der Waals surface area (Å²) in [5, 5.41) is 17.1. The molecule has 2 heterocycles. The number of nitrogens with two attached hydrogens (primary N) is 1. The SMILES string of the molecule is CC(C)(CN(CCc1nc(C(=O)NCc2ncccc2F)cs1)C(=O)O)C(=O)Nc1ccccc1N. The molecule has 0 spiro atoms. The van der Waals surface area contributed by atoms with Gasteiger partial charge in [-0.15, -0.1) is 11.3 Å². The molecular formula is C24H27FN6O4S. The van der Waals surface area contributed by atoms with E-state index in [4.69, 9.17) is 5.73 Å². The summed E-state index contributed by atoms with van der Waals surface area (Å²) in [5.74, 6) is -1.38. The summed E-state index contributed by atoms with van der Waals surface area (Å²) in [5.41, 5.74) is 5.95. The third-order valence-electron chi connectivity index (χ3n) is 5.31. The van der Waals surface area contributed by atoms with E-state index in [9.17, 15) is 23.9 Å². The molecule has 0 bridgehead atoms. The van der Waals surface area contributed by atoms with E-state index in [1.54, 1.807) is 43.5 Å². The molecule has 3 rings (SSSR count). The zero-order chi connectivity index (χ0) is 26.3. The van der Waals surface area contributed by atoms with E-state index in [2.05, 4.69) is 20.6 Å². The Balaban J connectivity index is 1.56. The zero-order valence-corrected chi connectivity index (χ0v) is 20.6. The van der Waals surface area contributed by atoms with Crippen molar-refractivity contribution in [2.24, 2.45) is 5.41 Å². The largest absolute Gasteiger partial charge is 0.465 e. The molecule has 36 heavy (non-hydrogen) atoms. The van der Waals surface area contributed by atoms with Gasteiger partial charge in [0.25, 0.3) is 5.91 Å². The summed E-state index contributed by atoms with van der Waals surface area (Å²) >= 11 is 1.21. The second kappa shape index (κ2) is 11.6. The highest BCUT2D eigenvalue weighted by Crippen LogP contribution is 2.24. The monoisotopic (exact) mass is 514 g/mol. The second-order valence-corrected chi connectivity index (χ2v) is 9.56. The van der Waals surface area contributed by atoms with E-state index >= 15 is 0 Å². The Morgan fingerprint density at radius 3 is 2.64 bits per heavy atom. The Kier molecular flexibility index (Phi) is 8.54. The Morgan fingerprint density at radius 2 is 1.94 bits per heavy atom. The first-order chi connectivity index (χ1) is 17.1. The van der Waals surface area contributed by atoms with Gasteiger partial charge in [0.15, 0.2) is 0 Å². The second-order valence-electron chi connectivity index (χ2n) is 8.62. The Bertz CT molecular complexity index is 1250. The number of nitrogens with zero attached hydrogens (tertiary/aromatic N) is 3. The topological polar surface area (TPSA) is 151 Å². The predicted octanol–water partition coefficient (Wildman–Crippen LogP) is 3.38. The van der Waals surface area contributed by atoms with Crippen molar-refractivity contribution < 1.29 is 23.9 Å². The number of carbonyl (C=O) groups is 3. The van der Waals surface area contributed by atoms with Gasteiger partial charge in [-0.1, -0.05) is 12.1 Å². The number of nitrogen functional groups attached to an aromatic ring is 1. The van der Waals surface area contributed by atoms with Gasteiger partial charge >= 0.3 is 6.09 Å². The van der Waals surface area contributed by atoms with Gasteiger partial charge in [-0.3, -0.25) is 14.6 Å². The lowest BCUT2D eigenvalue weighted by atomic mass is 9.91. The minimum absolute atomic E-state index is 0.0603. The van der Waals surface area contributed by atoms with Gasteiger partial charge in [0.2, 0.25) is 5.91 Å². The number of aromatic nitrogens is 2. The first kappa shape index (κ1) is 26.5. The molecule has 1 aromatic carbocycles. The lowest BCUT2D eigenvalue weighted by molar-refractivity contribution is -0.124. The molecule has 0 fully saturated rings. The summed E-state index contributed by atoms with van der Waals surface area (Å²) in [6, 6.07) is 9.53. The average molecular weight is 515 g/mol. The number of para-hydroxylation sites is 2. The quantitative estimate of drug-likeness (QED) is 0.303. The lowest BCUT2D eigenvalue weighted by Crippen LogP contribution is -2.45. The number of hydrogen-bond acceptors (Lipinski definition) is 7. The van der Waals surface area contributed by atoms with E-state index < -0.39 is 23.2 Å². The number of hydrogen-bond donors (Lipinski definition) is 4. The fraction of sp³-hybridized carbons (Fsp3) is 0.292. The molecule has 0 saturated heterocycles. The van der Waals surface area contributed by atoms with Crippen molar-refractivity contribution in [3.63, 3.8) is 0 Å². The Labute approximate surface area is 211 Å². The predicted molar refractivity (Wildman–Crippen MR) is 134 cm³/mol. The number of halogens is 1. The normalized spacial score (nSPS) is 11.1. The minimum Gasteiger partial charge on any atom is -0.465 e. The molecule has 190 valence electrons. The van der Waals surface area contributed by atoms with Gasteiger partial charge in [-0.05, 0) is 38.1 Å².